The summed E-state index contributed by atoms with van der Waals surface area (Å²) in [5, 5.41) is 11.6. The second-order valence-electron chi connectivity index (χ2n) is 11.1. The minimum Gasteiger partial charge on any atom is -0.306 e. The van der Waals surface area contributed by atoms with Gasteiger partial charge in [0.15, 0.2) is 0 Å². The molecule has 2 nitrogen and oxygen atoms in total. The SMILES string of the molecule is c1ccc(-c2ccc3ccc4c5c(ccc2c35)cc2c4c3ncccc3n2-c2cccc3c2sc2ccccc23)cc1. The lowest BCUT2D eigenvalue weighted by molar-refractivity contribution is 1.20. The summed E-state index contributed by atoms with van der Waals surface area (Å²) in [6.07, 6.45) is 1.93. The van der Waals surface area contributed by atoms with E-state index in [1.807, 2.05) is 17.5 Å². The molecule has 10 aromatic rings. The van der Waals surface area contributed by atoms with E-state index in [1.165, 1.54) is 80.2 Å². The molecule has 42 heavy (non-hydrogen) atoms. The minimum atomic E-state index is 1.05. The van der Waals surface area contributed by atoms with Gasteiger partial charge in [-0.2, -0.15) is 0 Å². The van der Waals surface area contributed by atoms with Crippen LogP contribution in [-0.2, 0) is 0 Å². The van der Waals surface area contributed by atoms with Gasteiger partial charge in [0.1, 0.15) is 0 Å². The molecule has 3 heterocycles. The average molecular weight is 551 g/mol. The van der Waals surface area contributed by atoms with Gasteiger partial charge in [-0.3, -0.25) is 4.98 Å². The van der Waals surface area contributed by atoms with Crippen molar-refractivity contribution in [3.8, 4) is 16.8 Å². The van der Waals surface area contributed by atoms with Crippen molar-refractivity contribution in [3.63, 3.8) is 0 Å². The van der Waals surface area contributed by atoms with Crippen LogP contribution in [-0.4, -0.2) is 9.55 Å². The van der Waals surface area contributed by atoms with Gasteiger partial charge < -0.3 is 4.57 Å². The van der Waals surface area contributed by atoms with E-state index in [2.05, 4.69) is 132 Å². The second kappa shape index (κ2) is 8.16. The molecule has 0 radical (unpaired) electrons. The molecule has 0 aliphatic heterocycles. The van der Waals surface area contributed by atoms with E-state index in [-0.39, 0.29) is 0 Å². The molecule has 0 amide bonds. The molecule has 3 aromatic heterocycles. The van der Waals surface area contributed by atoms with Crippen molar-refractivity contribution in [2.75, 3.05) is 0 Å². The molecule has 10 rings (SSSR count). The molecule has 0 saturated heterocycles. The van der Waals surface area contributed by atoms with Crippen LogP contribution in [0, 0.1) is 0 Å². The van der Waals surface area contributed by atoms with Gasteiger partial charge in [-0.25, -0.2) is 0 Å². The topological polar surface area (TPSA) is 17.8 Å². The van der Waals surface area contributed by atoms with E-state index in [9.17, 15) is 0 Å². The largest absolute Gasteiger partial charge is 0.306 e. The quantitative estimate of drug-likeness (QED) is 0.196. The normalized spacial score (nSPS) is 12.3. The third kappa shape index (κ3) is 2.85. The first kappa shape index (κ1) is 22.4. The molecule has 0 N–H and O–H groups in total. The first-order chi connectivity index (χ1) is 20.8. The lowest BCUT2D eigenvalue weighted by atomic mass is 9.89. The molecule has 0 fully saturated rings. The highest BCUT2D eigenvalue weighted by atomic mass is 32.1. The Bertz CT molecular complexity index is 2680. The zero-order valence-electron chi connectivity index (χ0n) is 22.5. The second-order valence-corrected chi connectivity index (χ2v) is 12.2. The summed E-state index contributed by atoms with van der Waals surface area (Å²) in [4.78, 5) is 5.01. The molecule has 3 heteroatoms. The van der Waals surface area contributed by atoms with Crippen LogP contribution in [0.25, 0.3) is 91.2 Å². The Labute approximate surface area is 245 Å². The monoisotopic (exact) mass is 550 g/mol. The number of benzene rings is 7. The van der Waals surface area contributed by atoms with E-state index in [1.54, 1.807) is 0 Å². The first-order valence-corrected chi connectivity index (χ1v) is 15.1. The zero-order valence-corrected chi connectivity index (χ0v) is 23.3. The van der Waals surface area contributed by atoms with E-state index < -0.39 is 0 Å². The lowest BCUT2D eigenvalue weighted by Gasteiger charge is -2.16. The zero-order chi connectivity index (χ0) is 27.4. The van der Waals surface area contributed by atoms with Gasteiger partial charge in [0, 0.05) is 27.1 Å². The van der Waals surface area contributed by atoms with Gasteiger partial charge in [0.05, 0.1) is 26.9 Å². The van der Waals surface area contributed by atoms with Gasteiger partial charge in [-0.1, -0.05) is 97.1 Å². The summed E-state index contributed by atoms with van der Waals surface area (Å²) < 4.78 is 5.06. The summed E-state index contributed by atoms with van der Waals surface area (Å²) in [6, 6.07) is 46.6. The lowest BCUT2D eigenvalue weighted by Crippen LogP contribution is -1.94. The number of hydrogen-bond acceptors (Lipinski definition) is 2. The van der Waals surface area contributed by atoms with Crippen LogP contribution in [0.1, 0.15) is 0 Å². The molecule has 194 valence electrons. The number of fused-ring (bicyclic) bond motifs is 7. The summed E-state index contributed by atoms with van der Waals surface area (Å²) in [5.74, 6) is 0. The highest BCUT2D eigenvalue weighted by Crippen LogP contribution is 2.46. The molecular formula is C39H22N2S. The summed E-state index contributed by atoms with van der Waals surface area (Å²) in [7, 11) is 0. The number of rotatable bonds is 2. The van der Waals surface area contributed by atoms with Crippen molar-refractivity contribution >= 4 is 85.8 Å². The van der Waals surface area contributed by atoms with Crippen molar-refractivity contribution in [1.82, 2.24) is 9.55 Å². The van der Waals surface area contributed by atoms with Gasteiger partial charge in [0.25, 0.3) is 0 Å². The third-order valence-electron chi connectivity index (χ3n) is 8.98. The summed E-state index contributed by atoms with van der Waals surface area (Å²) >= 11 is 1.87. The van der Waals surface area contributed by atoms with E-state index in [4.69, 9.17) is 4.98 Å². The number of hydrogen-bond donors (Lipinski definition) is 0. The number of thiophene rings is 1. The van der Waals surface area contributed by atoms with E-state index in [0.717, 1.165) is 11.0 Å². The highest BCUT2D eigenvalue weighted by Gasteiger charge is 2.21. The molecule has 0 saturated carbocycles. The fourth-order valence-electron chi connectivity index (χ4n) is 7.22. The van der Waals surface area contributed by atoms with E-state index in [0.29, 0.717) is 0 Å². The molecule has 0 bridgehead atoms. The van der Waals surface area contributed by atoms with Gasteiger partial charge >= 0.3 is 0 Å². The Balaban J connectivity index is 1.38. The fraction of sp³-hybridized carbons (Fsp3) is 0. The number of pyridine rings is 1. The van der Waals surface area contributed by atoms with Crippen LogP contribution >= 0.6 is 11.3 Å². The Morgan fingerprint density at radius 2 is 1.31 bits per heavy atom. The molecule has 0 atom stereocenters. The van der Waals surface area contributed by atoms with Crippen molar-refractivity contribution in [2.24, 2.45) is 0 Å². The Kier molecular flexibility index (Phi) is 4.36. The molecule has 0 unspecified atom stereocenters. The predicted molar refractivity (Wildman–Crippen MR) is 181 cm³/mol. The maximum Gasteiger partial charge on any atom is 0.0969 e. The molecular weight excluding hydrogens is 529 g/mol. The maximum atomic E-state index is 5.01. The van der Waals surface area contributed by atoms with Crippen LogP contribution in [0.3, 0.4) is 0 Å². The summed E-state index contributed by atoms with van der Waals surface area (Å²) in [6.45, 7) is 0. The average Bonchev–Trinajstić information content (AvgIpc) is 3.59. The molecule has 7 aromatic carbocycles. The smallest absolute Gasteiger partial charge is 0.0969 e. The maximum absolute atomic E-state index is 5.01. The van der Waals surface area contributed by atoms with Crippen molar-refractivity contribution in [2.45, 2.75) is 0 Å². The van der Waals surface area contributed by atoms with Gasteiger partial charge in [-0.05, 0) is 73.8 Å². The fourth-order valence-corrected chi connectivity index (χ4v) is 8.43. The highest BCUT2D eigenvalue weighted by molar-refractivity contribution is 7.26. The van der Waals surface area contributed by atoms with Crippen LogP contribution in [0.2, 0.25) is 0 Å². The number of nitrogens with zero attached hydrogens (tertiary/aromatic N) is 2. The van der Waals surface area contributed by atoms with Crippen LogP contribution in [0.4, 0.5) is 0 Å². The Hall–Kier alpha value is -5.25. The third-order valence-corrected chi connectivity index (χ3v) is 10.2. The Morgan fingerprint density at radius 3 is 2.26 bits per heavy atom. The Morgan fingerprint density at radius 1 is 0.524 bits per heavy atom. The van der Waals surface area contributed by atoms with Crippen LogP contribution in [0.5, 0.6) is 0 Å². The van der Waals surface area contributed by atoms with Crippen LogP contribution in [0.15, 0.2) is 134 Å². The van der Waals surface area contributed by atoms with Crippen LogP contribution < -0.4 is 0 Å². The minimum absolute atomic E-state index is 1.05. The number of aromatic nitrogens is 2. The van der Waals surface area contributed by atoms with Crippen molar-refractivity contribution < 1.29 is 0 Å². The predicted octanol–water partition coefficient (Wildman–Crippen LogP) is 11.1. The standard InChI is InChI=1S/C39H22N2S/c1-2-8-23(9-3-1)26-18-15-24-16-20-30-36-25(17-19-28(26)35(24)36)22-33-37(30)38-31(13-7-21-40-38)41(33)32-12-6-11-29-27-10-4-5-14-34(27)42-39(29)32/h1-22H. The van der Waals surface area contributed by atoms with Crippen molar-refractivity contribution in [1.29, 1.82) is 0 Å². The molecule has 0 aliphatic carbocycles. The summed E-state index contributed by atoms with van der Waals surface area (Å²) in [5.41, 5.74) is 7.11. The first-order valence-electron chi connectivity index (χ1n) is 14.3. The molecule has 0 spiro atoms. The van der Waals surface area contributed by atoms with Gasteiger partial charge in [-0.15, -0.1) is 11.3 Å². The molecule has 0 aliphatic rings. The van der Waals surface area contributed by atoms with E-state index >= 15 is 0 Å². The van der Waals surface area contributed by atoms with Crippen molar-refractivity contribution in [3.05, 3.63) is 134 Å². The van der Waals surface area contributed by atoms with Gasteiger partial charge in [0.2, 0.25) is 0 Å².